The van der Waals surface area contributed by atoms with Gasteiger partial charge in [0.15, 0.2) is 0 Å². The molecule has 0 unspecified atom stereocenters. The molecule has 21 heavy (non-hydrogen) atoms. The average Bonchev–Trinajstić information content (AvgIpc) is 2.94. The van der Waals surface area contributed by atoms with Crippen LogP contribution in [0.2, 0.25) is 0 Å². The Hall–Kier alpha value is -1.30. The number of amides is 2. The highest BCUT2D eigenvalue weighted by Gasteiger charge is 2.33. The molecule has 1 aliphatic carbocycles. The van der Waals surface area contributed by atoms with Crippen LogP contribution in [0, 0.1) is 5.41 Å². The minimum Gasteiger partial charge on any atom is -0.480 e. The number of piperazine rings is 1. The van der Waals surface area contributed by atoms with Crippen molar-refractivity contribution in [1.82, 2.24) is 15.1 Å². The third kappa shape index (κ3) is 4.33. The predicted molar refractivity (Wildman–Crippen MR) is 80.2 cm³/mol. The Morgan fingerprint density at radius 2 is 1.76 bits per heavy atom. The zero-order valence-corrected chi connectivity index (χ0v) is 12.9. The highest BCUT2D eigenvalue weighted by molar-refractivity contribution is 5.74. The van der Waals surface area contributed by atoms with E-state index >= 15 is 0 Å². The minimum absolute atomic E-state index is 0.00435. The number of hydrogen-bond acceptors (Lipinski definition) is 3. The van der Waals surface area contributed by atoms with Gasteiger partial charge in [0.05, 0.1) is 6.54 Å². The zero-order valence-electron chi connectivity index (χ0n) is 12.9. The molecular formula is C15H27N3O3. The number of nitrogens with one attached hydrogen (secondary N) is 1. The first-order valence-corrected chi connectivity index (χ1v) is 8.02. The Labute approximate surface area is 126 Å². The Balaban J connectivity index is 1.73. The van der Waals surface area contributed by atoms with Crippen LogP contribution < -0.4 is 5.32 Å². The van der Waals surface area contributed by atoms with E-state index in [-0.39, 0.29) is 12.6 Å². The smallest absolute Gasteiger partial charge is 0.317 e. The topological polar surface area (TPSA) is 72.9 Å². The normalized spacial score (nSPS) is 22.2. The molecule has 0 radical (unpaired) electrons. The van der Waals surface area contributed by atoms with Crippen LogP contribution in [0.15, 0.2) is 0 Å². The van der Waals surface area contributed by atoms with E-state index in [0.717, 1.165) is 13.0 Å². The standard InChI is InChI=1S/C15H27N3O3/c1-2-15(5-3-4-6-15)12-16-14(21)18-9-7-17(8-10-18)11-13(19)20/h2-12H2,1H3,(H,16,21)(H,19,20). The molecule has 0 aromatic heterocycles. The summed E-state index contributed by atoms with van der Waals surface area (Å²) in [5.74, 6) is -0.806. The maximum Gasteiger partial charge on any atom is 0.317 e. The van der Waals surface area contributed by atoms with E-state index < -0.39 is 5.97 Å². The monoisotopic (exact) mass is 297 g/mol. The van der Waals surface area contributed by atoms with Crippen molar-refractivity contribution >= 4 is 12.0 Å². The lowest BCUT2D eigenvalue weighted by Gasteiger charge is -2.35. The Morgan fingerprint density at radius 3 is 2.29 bits per heavy atom. The predicted octanol–water partition coefficient (Wildman–Crippen LogP) is 1.37. The van der Waals surface area contributed by atoms with Crippen molar-refractivity contribution < 1.29 is 14.7 Å². The van der Waals surface area contributed by atoms with Gasteiger partial charge in [0.2, 0.25) is 0 Å². The van der Waals surface area contributed by atoms with Crippen LogP contribution in [0.25, 0.3) is 0 Å². The minimum atomic E-state index is -0.806. The van der Waals surface area contributed by atoms with Gasteiger partial charge in [0, 0.05) is 32.7 Å². The molecule has 2 N–H and O–H groups in total. The van der Waals surface area contributed by atoms with Crippen LogP contribution in [0.5, 0.6) is 0 Å². The fourth-order valence-electron chi connectivity index (χ4n) is 3.46. The second-order valence-electron chi connectivity index (χ2n) is 6.38. The lowest BCUT2D eigenvalue weighted by atomic mass is 9.83. The second-order valence-corrected chi connectivity index (χ2v) is 6.38. The second kappa shape index (κ2) is 7.11. The van der Waals surface area contributed by atoms with Crippen molar-refractivity contribution in [2.24, 2.45) is 5.41 Å². The molecule has 120 valence electrons. The van der Waals surface area contributed by atoms with Crippen LogP contribution >= 0.6 is 0 Å². The molecular weight excluding hydrogens is 270 g/mol. The fraction of sp³-hybridized carbons (Fsp3) is 0.867. The summed E-state index contributed by atoms with van der Waals surface area (Å²) in [6.07, 6.45) is 6.11. The maximum absolute atomic E-state index is 12.2. The van der Waals surface area contributed by atoms with Gasteiger partial charge in [-0.3, -0.25) is 9.69 Å². The number of carbonyl (C=O) groups is 2. The summed E-state index contributed by atoms with van der Waals surface area (Å²) in [6.45, 7) is 5.54. The van der Waals surface area contributed by atoms with E-state index in [1.54, 1.807) is 4.90 Å². The van der Waals surface area contributed by atoms with Crippen molar-refractivity contribution in [3.05, 3.63) is 0 Å². The molecule has 0 aromatic rings. The van der Waals surface area contributed by atoms with E-state index in [1.165, 1.54) is 25.7 Å². The molecule has 0 bridgehead atoms. The van der Waals surface area contributed by atoms with E-state index in [4.69, 9.17) is 5.11 Å². The van der Waals surface area contributed by atoms with Crippen molar-refractivity contribution in [3.8, 4) is 0 Å². The molecule has 2 fully saturated rings. The molecule has 1 aliphatic heterocycles. The molecule has 1 saturated heterocycles. The fourth-order valence-corrected chi connectivity index (χ4v) is 3.46. The van der Waals surface area contributed by atoms with E-state index in [9.17, 15) is 9.59 Å². The Kier molecular flexibility index (Phi) is 5.45. The van der Waals surface area contributed by atoms with Crippen LogP contribution in [-0.4, -0.2) is 66.2 Å². The molecule has 2 rings (SSSR count). The van der Waals surface area contributed by atoms with Gasteiger partial charge < -0.3 is 15.3 Å². The van der Waals surface area contributed by atoms with Crippen molar-refractivity contribution in [1.29, 1.82) is 0 Å². The number of carboxylic acids is 1. The molecule has 0 aromatic carbocycles. The molecule has 6 nitrogen and oxygen atoms in total. The number of carbonyl (C=O) groups excluding carboxylic acids is 1. The number of urea groups is 1. The molecule has 2 amide bonds. The van der Waals surface area contributed by atoms with Crippen LogP contribution in [0.1, 0.15) is 39.0 Å². The van der Waals surface area contributed by atoms with Gasteiger partial charge in [-0.25, -0.2) is 4.79 Å². The first kappa shape index (κ1) is 16.1. The SMILES string of the molecule is CCC1(CNC(=O)N2CCN(CC(=O)O)CC2)CCCC1. The van der Waals surface area contributed by atoms with E-state index in [2.05, 4.69) is 12.2 Å². The summed E-state index contributed by atoms with van der Waals surface area (Å²) in [6, 6.07) is 0.00435. The van der Waals surface area contributed by atoms with Gasteiger partial charge in [-0.05, 0) is 24.7 Å². The van der Waals surface area contributed by atoms with Crippen molar-refractivity contribution in [3.63, 3.8) is 0 Å². The highest BCUT2D eigenvalue weighted by atomic mass is 16.4. The molecule has 2 aliphatic rings. The number of nitrogens with zero attached hydrogens (tertiary/aromatic N) is 2. The highest BCUT2D eigenvalue weighted by Crippen LogP contribution is 2.40. The summed E-state index contributed by atoms with van der Waals surface area (Å²) < 4.78 is 0. The molecule has 6 heteroatoms. The van der Waals surface area contributed by atoms with Crippen molar-refractivity contribution in [2.45, 2.75) is 39.0 Å². The van der Waals surface area contributed by atoms with Gasteiger partial charge in [0.25, 0.3) is 0 Å². The lowest BCUT2D eigenvalue weighted by molar-refractivity contribution is -0.138. The first-order chi connectivity index (χ1) is 10.0. The number of hydrogen-bond donors (Lipinski definition) is 2. The summed E-state index contributed by atoms with van der Waals surface area (Å²) >= 11 is 0. The summed E-state index contributed by atoms with van der Waals surface area (Å²) in [5, 5.41) is 11.9. The summed E-state index contributed by atoms with van der Waals surface area (Å²) in [7, 11) is 0. The third-order valence-corrected chi connectivity index (χ3v) is 5.05. The molecule has 1 heterocycles. The average molecular weight is 297 g/mol. The summed E-state index contributed by atoms with van der Waals surface area (Å²) in [4.78, 5) is 26.6. The Morgan fingerprint density at radius 1 is 1.14 bits per heavy atom. The third-order valence-electron chi connectivity index (χ3n) is 5.05. The number of carboxylic acid groups (broad SMARTS) is 1. The molecule has 1 saturated carbocycles. The largest absolute Gasteiger partial charge is 0.480 e. The maximum atomic E-state index is 12.2. The zero-order chi connectivity index (χ0) is 15.3. The number of rotatable bonds is 5. The van der Waals surface area contributed by atoms with Gasteiger partial charge in [-0.15, -0.1) is 0 Å². The number of aliphatic carboxylic acids is 1. The van der Waals surface area contributed by atoms with Gasteiger partial charge in [-0.2, -0.15) is 0 Å². The van der Waals surface area contributed by atoms with E-state index in [1.807, 2.05) is 4.90 Å². The van der Waals surface area contributed by atoms with Crippen LogP contribution in [0.3, 0.4) is 0 Å². The molecule has 0 atom stereocenters. The lowest BCUT2D eigenvalue weighted by Crippen LogP contribution is -2.53. The first-order valence-electron chi connectivity index (χ1n) is 8.02. The Bertz CT molecular complexity index is 372. The van der Waals surface area contributed by atoms with Crippen molar-refractivity contribution in [2.75, 3.05) is 39.3 Å². The summed E-state index contributed by atoms with van der Waals surface area (Å²) in [5.41, 5.74) is 0.306. The van der Waals surface area contributed by atoms with Gasteiger partial charge >= 0.3 is 12.0 Å². The van der Waals surface area contributed by atoms with Crippen LogP contribution in [0.4, 0.5) is 4.79 Å². The van der Waals surface area contributed by atoms with Gasteiger partial charge in [-0.1, -0.05) is 19.8 Å². The molecule has 0 spiro atoms. The van der Waals surface area contributed by atoms with Gasteiger partial charge in [0.1, 0.15) is 0 Å². The van der Waals surface area contributed by atoms with Crippen LogP contribution in [-0.2, 0) is 4.79 Å². The quantitative estimate of drug-likeness (QED) is 0.804. The van der Waals surface area contributed by atoms with E-state index in [0.29, 0.717) is 31.6 Å².